The third kappa shape index (κ3) is 24.3. The zero-order valence-electron chi connectivity index (χ0n) is 37.7. The van der Waals surface area contributed by atoms with Crippen LogP contribution in [-0.2, 0) is 33.1 Å². The van der Waals surface area contributed by atoms with Crippen LogP contribution in [0.2, 0.25) is 0 Å². The Balaban J connectivity index is 0.000000427. The van der Waals surface area contributed by atoms with Gasteiger partial charge >= 0.3 is 37.7 Å². The summed E-state index contributed by atoms with van der Waals surface area (Å²) in [6.07, 6.45) is 29.5. The summed E-state index contributed by atoms with van der Waals surface area (Å²) >= 11 is 0. The van der Waals surface area contributed by atoms with Gasteiger partial charge in [0.2, 0.25) is 0 Å². The quantitative estimate of drug-likeness (QED) is 0.0291. The Morgan fingerprint density at radius 3 is 1.21 bits per heavy atom. The van der Waals surface area contributed by atoms with E-state index in [1.807, 2.05) is 0 Å². The minimum Gasteiger partial charge on any atom is -0.872 e. The molecule has 0 saturated carbocycles. The van der Waals surface area contributed by atoms with Crippen molar-refractivity contribution in [2.75, 3.05) is 0 Å². The Kier molecular flexibility index (Phi) is 28.5. The first-order chi connectivity index (χ1) is 29.8. The van der Waals surface area contributed by atoms with E-state index in [0.717, 1.165) is 49.7 Å². The van der Waals surface area contributed by atoms with Crippen molar-refractivity contribution < 1.29 is 45.6 Å². The topological polar surface area (TPSA) is 173 Å². The van der Waals surface area contributed by atoms with Crippen molar-refractivity contribution in [1.82, 2.24) is 0 Å². The molecule has 0 fully saturated rings. The molecule has 0 aliphatic heterocycles. The van der Waals surface area contributed by atoms with Crippen LogP contribution in [0.25, 0.3) is 0 Å². The average molecular weight is 935 g/mol. The fraction of sp³-hybridized carbons (Fsp3) is 0.520. The molecule has 0 aliphatic rings. The van der Waals surface area contributed by atoms with E-state index in [4.69, 9.17) is 14.0 Å². The summed E-state index contributed by atoms with van der Waals surface area (Å²) in [5.41, 5.74) is 1.78. The summed E-state index contributed by atoms with van der Waals surface area (Å²) in [5.74, 6) is 2.27. The summed E-state index contributed by atoms with van der Waals surface area (Å²) < 4.78 is 76.3. The maximum atomic E-state index is 11.8. The molecule has 0 unspecified atom stereocenters. The predicted octanol–water partition coefficient (Wildman–Crippen LogP) is 13.2. The zero-order chi connectivity index (χ0) is 45.1. The zero-order valence-corrected chi connectivity index (χ0v) is 41.6. The van der Waals surface area contributed by atoms with Gasteiger partial charge in [-0.1, -0.05) is 154 Å². The number of phenolic OH excluding ortho intramolecular Hbond substituents is 1. The number of aromatic hydroxyl groups is 1. The van der Waals surface area contributed by atoms with Crippen LogP contribution in [0, 0.1) is 0 Å². The Labute approximate surface area is 408 Å². The Bertz CT molecular complexity index is 1910. The molecule has 0 aliphatic carbocycles. The molecular weight excluding hydrogens is 865 g/mol. The summed E-state index contributed by atoms with van der Waals surface area (Å²) in [7, 11) is -8.71. The maximum Gasteiger partial charge on any atom is 2.00 e. The third-order valence-corrected chi connectivity index (χ3v) is 12.6. The van der Waals surface area contributed by atoms with Crippen molar-refractivity contribution in [3.63, 3.8) is 0 Å². The van der Waals surface area contributed by atoms with Gasteiger partial charge in [-0.05, 0) is 110 Å². The van der Waals surface area contributed by atoms with Crippen LogP contribution in [0.3, 0.4) is 0 Å². The molecule has 2 N–H and O–H groups in total. The van der Waals surface area contributed by atoms with Gasteiger partial charge in [0.1, 0.15) is 38.9 Å². The smallest absolute Gasteiger partial charge is 0.872 e. The fourth-order valence-corrected chi connectivity index (χ4v) is 8.23. The van der Waals surface area contributed by atoms with Gasteiger partial charge in [0, 0.05) is 0 Å². The summed E-state index contributed by atoms with van der Waals surface area (Å²) in [4.78, 5) is -0.470. The van der Waals surface area contributed by atoms with Crippen molar-refractivity contribution in [2.24, 2.45) is 0 Å². The molecule has 0 saturated heterocycles. The summed E-state index contributed by atoms with van der Waals surface area (Å²) in [5, 5.41) is 21.7. The molecule has 0 atom stereocenters. The second kappa shape index (κ2) is 31.9. The van der Waals surface area contributed by atoms with E-state index in [2.05, 4.69) is 13.8 Å². The monoisotopic (exact) mass is 934 g/mol. The third-order valence-electron chi connectivity index (χ3n) is 10.9. The Hall–Kier alpha value is -2.84. The van der Waals surface area contributed by atoms with Crippen LogP contribution in [0.1, 0.15) is 166 Å². The normalized spacial score (nSPS) is 11.4. The molecule has 0 heterocycles. The van der Waals surface area contributed by atoms with E-state index in [9.17, 15) is 31.6 Å². The number of hydrogen-bond acceptors (Lipinski definition) is 9. The van der Waals surface area contributed by atoms with Crippen LogP contribution in [0.4, 0.5) is 0 Å². The molecule has 0 amide bonds. The molecule has 0 spiro atoms. The molecule has 4 aromatic rings. The van der Waals surface area contributed by atoms with Crippen molar-refractivity contribution in [1.29, 1.82) is 0 Å². The molecule has 0 aromatic heterocycles. The van der Waals surface area contributed by atoms with Gasteiger partial charge in [-0.3, -0.25) is 4.55 Å². The van der Waals surface area contributed by atoms with E-state index in [1.54, 1.807) is 30.3 Å². The van der Waals surface area contributed by atoms with Gasteiger partial charge in [-0.15, -0.1) is 5.75 Å². The van der Waals surface area contributed by atoms with Gasteiger partial charge < -0.3 is 24.2 Å². The first kappa shape index (κ1) is 56.3. The minimum atomic E-state index is -4.48. The first-order valence-electron chi connectivity index (χ1n) is 22.9. The van der Waals surface area contributed by atoms with E-state index in [0.29, 0.717) is 23.0 Å². The first-order valence-corrected chi connectivity index (χ1v) is 25.8. The largest absolute Gasteiger partial charge is 2.00 e. The van der Waals surface area contributed by atoms with Gasteiger partial charge in [0.25, 0.3) is 10.1 Å². The van der Waals surface area contributed by atoms with Crippen molar-refractivity contribution >= 4 is 58.0 Å². The molecule has 4 rings (SSSR count). The Morgan fingerprint density at radius 2 is 0.825 bits per heavy atom. The second-order valence-corrected chi connectivity index (χ2v) is 19.0. The molecule has 63 heavy (non-hydrogen) atoms. The minimum absolute atomic E-state index is 0. The van der Waals surface area contributed by atoms with Gasteiger partial charge in [0.15, 0.2) is 0 Å². The molecule has 4 aromatic carbocycles. The Morgan fingerprint density at radius 1 is 0.476 bits per heavy atom. The number of phenols is 1. The van der Waals surface area contributed by atoms with E-state index in [-0.39, 0.29) is 59.0 Å². The molecule has 13 heteroatoms. The van der Waals surface area contributed by atoms with Crippen molar-refractivity contribution in [3.8, 4) is 34.5 Å². The van der Waals surface area contributed by atoms with Crippen LogP contribution in [0.15, 0.2) is 94.7 Å². The van der Waals surface area contributed by atoms with Gasteiger partial charge in [-0.2, -0.15) is 8.42 Å². The number of hydrogen-bond donors (Lipinski definition) is 2. The number of rotatable bonds is 30. The number of ether oxygens (including phenoxy) is 2. The predicted molar refractivity (Wildman–Crippen MR) is 251 cm³/mol. The molecular formula is C50H70CaO10S2. The maximum absolute atomic E-state index is 11.8. The van der Waals surface area contributed by atoms with Crippen LogP contribution in [-0.4, -0.2) is 68.8 Å². The standard InChI is InChI=1S/2C25H36O5S.Ca/c2*1-2-3-4-5-6-7-8-9-10-11-12-13-21-20-22(26)14-19-25(21)30-23-15-17-24(18-16-23)31(27,28)29;/h2*14-20,26H,2-13H2,1H3,(H,27,28,29);/q;;+2/p-2. The second-order valence-electron chi connectivity index (χ2n) is 16.2. The average Bonchev–Trinajstić information content (AvgIpc) is 3.23. The molecule has 344 valence electrons. The number of unbranched alkanes of at least 4 members (excludes halogenated alkanes) is 20. The SMILES string of the molecule is CCCCCCCCCCCCCc1cc(O)ccc1Oc1ccc(S(=O)(=O)O)cc1.CCCCCCCCCCCCCc1cc([O-])ccc1Oc1ccc(S(=O)(=O)[O-])cc1.[Ca+2]. The fourth-order valence-electron chi connectivity index (χ4n) is 7.28. The molecule has 0 bridgehead atoms. The van der Waals surface area contributed by atoms with Crippen LogP contribution in [0.5, 0.6) is 34.5 Å². The van der Waals surface area contributed by atoms with E-state index < -0.39 is 20.2 Å². The molecule has 10 nitrogen and oxygen atoms in total. The number of aryl methyl sites for hydroxylation is 2. The molecule has 0 radical (unpaired) electrons. The summed E-state index contributed by atoms with van der Waals surface area (Å²) in [6, 6.07) is 20.7. The van der Waals surface area contributed by atoms with Gasteiger partial charge in [-0.25, -0.2) is 8.42 Å². The van der Waals surface area contributed by atoms with Crippen LogP contribution >= 0.6 is 0 Å². The van der Waals surface area contributed by atoms with Crippen molar-refractivity contribution in [2.45, 2.75) is 178 Å². The van der Waals surface area contributed by atoms with Crippen molar-refractivity contribution in [3.05, 3.63) is 96.1 Å². The summed E-state index contributed by atoms with van der Waals surface area (Å²) in [6.45, 7) is 4.49. The van der Waals surface area contributed by atoms with E-state index in [1.165, 1.54) is 170 Å². The van der Waals surface area contributed by atoms with Gasteiger partial charge in [0.05, 0.1) is 9.79 Å². The van der Waals surface area contributed by atoms with E-state index >= 15 is 0 Å². The number of benzene rings is 4. The van der Waals surface area contributed by atoms with Crippen LogP contribution < -0.4 is 14.6 Å².